The molecule has 0 radical (unpaired) electrons. The van der Waals surface area contributed by atoms with Crippen LogP contribution in [-0.4, -0.2) is 40.4 Å². The van der Waals surface area contributed by atoms with Crippen LogP contribution in [0.3, 0.4) is 0 Å². The Bertz CT molecular complexity index is 303. The lowest BCUT2D eigenvalue weighted by Gasteiger charge is -2.27. The monoisotopic (exact) mass is 226 g/mol. The van der Waals surface area contributed by atoms with Crippen molar-refractivity contribution in [2.24, 2.45) is 0 Å². The molecule has 2 atom stereocenters. The van der Waals surface area contributed by atoms with Gasteiger partial charge in [-0.05, 0) is 27.2 Å². The number of β-amino-alcohol motifs (C(OH)–C–C–N with tert-alkyl or cyclic N) is 1. The molecule has 1 amide bonds. The molecule has 0 unspecified atom stereocenters. The van der Waals surface area contributed by atoms with Gasteiger partial charge in [0.2, 0.25) is 0 Å². The fourth-order valence-corrected chi connectivity index (χ4v) is 1.74. The minimum Gasteiger partial charge on any atom is -0.444 e. The van der Waals surface area contributed by atoms with E-state index in [9.17, 15) is 9.90 Å². The highest BCUT2D eigenvalue weighted by atomic mass is 16.6. The molecule has 0 bridgehead atoms. The van der Waals surface area contributed by atoms with Crippen LogP contribution in [0.2, 0.25) is 0 Å². The summed E-state index contributed by atoms with van der Waals surface area (Å²) in [6.07, 6.45) is -0.321. The lowest BCUT2D eigenvalue weighted by Crippen LogP contribution is -2.40. The predicted octanol–water partition coefficient (Wildman–Crippen LogP) is 1.27. The zero-order valence-electron chi connectivity index (χ0n) is 9.93. The number of carbonyl (C=O) groups excluding carboxylic acids is 1. The van der Waals surface area contributed by atoms with Gasteiger partial charge in [0.25, 0.3) is 0 Å². The van der Waals surface area contributed by atoms with Crippen molar-refractivity contribution in [3.05, 3.63) is 0 Å². The van der Waals surface area contributed by atoms with Crippen LogP contribution in [0.1, 0.15) is 33.6 Å². The van der Waals surface area contributed by atoms with Gasteiger partial charge in [0.15, 0.2) is 0 Å². The lowest BCUT2D eigenvalue weighted by atomic mass is 10.1. The van der Waals surface area contributed by atoms with E-state index >= 15 is 0 Å². The van der Waals surface area contributed by atoms with Gasteiger partial charge in [0, 0.05) is 0 Å². The van der Waals surface area contributed by atoms with Gasteiger partial charge in [-0.15, -0.1) is 0 Å². The highest BCUT2D eigenvalue weighted by Gasteiger charge is 2.36. The van der Waals surface area contributed by atoms with E-state index in [1.807, 2.05) is 6.07 Å². The molecule has 1 rings (SSSR count). The summed E-state index contributed by atoms with van der Waals surface area (Å²) >= 11 is 0. The quantitative estimate of drug-likeness (QED) is 0.730. The average molecular weight is 226 g/mol. The maximum Gasteiger partial charge on any atom is 0.410 e. The highest BCUT2D eigenvalue weighted by Crippen LogP contribution is 2.22. The summed E-state index contributed by atoms with van der Waals surface area (Å²) < 4.78 is 5.21. The van der Waals surface area contributed by atoms with Gasteiger partial charge < -0.3 is 14.7 Å². The largest absolute Gasteiger partial charge is 0.444 e. The fraction of sp³-hybridized carbons (Fsp3) is 0.818. The first-order chi connectivity index (χ1) is 7.33. The lowest BCUT2D eigenvalue weighted by molar-refractivity contribution is 0.0211. The van der Waals surface area contributed by atoms with Crippen LogP contribution < -0.4 is 0 Å². The zero-order chi connectivity index (χ0) is 12.3. The molecule has 0 spiro atoms. The van der Waals surface area contributed by atoms with Gasteiger partial charge in [-0.1, -0.05) is 0 Å². The molecule has 0 aromatic carbocycles. The molecule has 90 valence electrons. The van der Waals surface area contributed by atoms with Crippen molar-refractivity contribution in [1.29, 1.82) is 5.26 Å². The second kappa shape index (κ2) is 4.71. The minimum absolute atomic E-state index is 0.227. The second-order valence-corrected chi connectivity index (χ2v) is 5.04. The third kappa shape index (κ3) is 3.38. The molecule has 1 heterocycles. The van der Waals surface area contributed by atoms with Crippen LogP contribution in [-0.2, 0) is 4.74 Å². The Labute approximate surface area is 95.6 Å². The predicted molar refractivity (Wildman–Crippen MR) is 57.6 cm³/mol. The van der Waals surface area contributed by atoms with E-state index in [1.165, 1.54) is 4.90 Å². The molecule has 1 N–H and O–H groups in total. The summed E-state index contributed by atoms with van der Waals surface area (Å²) in [6.45, 7) is 5.62. The summed E-state index contributed by atoms with van der Waals surface area (Å²) in [5.74, 6) is 0. The second-order valence-electron chi connectivity index (χ2n) is 5.04. The molecule has 5 nitrogen and oxygen atoms in total. The first-order valence-electron chi connectivity index (χ1n) is 5.38. The molecule has 0 saturated carbocycles. The Hall–Kier alpha value is -1.28. The number of likely N-dealkylation sites (tertiary alicyclic amines) is 1. The van der Waals surface area contributed by atoms with E-state index in [4.69, 9.17) is 10.00 Å². The minimum atomic E-state index is -0.554. The van der Waals surface area contributed by atoms with Crippen LogP contribution >= 0.6 is 0 Å². The molecule has 1 fully saturated rings. The number of carbonyl (C=O) groups is 1. The number of aliphatic hydroxyl groups excluding tert-OH is 1. The van der Waals surface area contributed by atoms with Crippen LogP contribution in [0.25, 0.3) is 0 Å². The van der Waals surface area contributed by atoms with Crippen LogP contribution in [0.5, 0.6) is 0 Å². The van der Waals surface area contributed by atoms with E-state index in [1.54, 1.807) is 20.8 Å². The van der Waals surface area contributed by atoms with Gasteiger partial charge in [-0.25, -0.2) is 4.79 Å². The third-order valence-electron chi connectivity index (χ3n) is 2.35. The Morgan fingerprint density at radius 1 is 1.62 bits per heavy atom. The van der Waals surface area contributed by atoms with Crippen molar-refractivity contribution >= 4 is 6.09 Å². The van der Waals surface area contributed by atoms with Gasteiger partial charge in [0.05, 0.1) is 31.2 Å². The molecule has 0 aliphatic carbocycles. The molecule has 0 aromatic heterocycles. The molecule has 1 aliphatic rings. The van der Waals surface area contributed by atoms with Crippen molar-refractivity contribution in [1.82, 2.24) is 4.90 Å². The molecule has 16 heavy (non-hydrogen) atoms. The van der Waals surface area contributed by atoms with E-state index in [0.717, 1.165) is 0 Å². The molecular weight excluding hydrogens is 208 g/mol. The maximum absolute atomic E-state index is 11.8. The Kier molecular flexibility index (Phi) is 3.76. The zero-order valence-corrected chi connectivity index (χ0v) is 9.93. The third-order valence-corrected chi connectivity index (χ3v) is 2.35. The van der Waals surface area contributed by atoms with Crippen LogP contribution in [0.4, 0.5) is 4.79 Å². The van der Waals surface area contributed by atoms with Gasteiger partial charge in [-0.3, -0.25) is 0 Å². The molecular formula is C11H18N2O3. The summed E-state index contributed by atoms with van der Waals surface area (Å²) in [5.41, 5.74) is -0.554. The number of ether oxygens (including phenoxy) is 1. The number of hydrogen-bond donors (Lipinski definition) is 1. The Morgan fingerprint density at radius 3 is 2.75 bits per heavy atom. The normalized spacial score (nSPS) is 25.3. The summed E-state index contributed by atoms with van der Waals surface area (Å²) in [6, 6.07) is 1.79. The van der Waals surface area contributed by atoms with Gasteiger partial charge in [-0.2, -0.15) is 5.26 Å². The summed E-state index contributed by atoms with van der Waals surface area (Å²) in [4.78, 5) is 13.2. The van der Waals surface area contributed by atoms with Crippen LogP contribution in [0.15, 0.2) is 0 Å². The van der Waals surface area contributed by atoms with E-state index in [2.05, 4.69) is 0 Å². The molecule has 1 saturated heterocycles. The topological polar surface area (TPSA) is 73.6 Å². The fourth-order valence-electron chi connectivity index (χ4n) is 1.74. The number of amides is 1. The maximum atomic E-state index is 11.8. The molecule has 5 heteroatoms. The Balaban J connectivity index is 2.64. The van der Waals surface area contributed by atoms with Crippen molar-refractivity contribution in [2.75, 3.05) is 6.54 Å². The van der Waals surface area contributed by atoms with E-state index in [0.29, 0.717) is 6.42 Å². The SMILES string of the molecule is CC(C)(C)OC(=O)N1C[C@H](O)C[C@@H]1CC#N. The number of hydrogen-bond acceptors (Lipinski definition) is 4. The van der Waals surface area contributed by atoms with Gasteiger partial charge in [0.1, 0.15) is 5.60 Å². The summed E-state index contributed by atoms with van der Waals surface area (Å²) in [7, 11) is 0. The van der Waals surface area contributed by atoms with Gasteiger partial charge >= 0.3 is 6.09 Å². The number of aliphatic hydroxyl groups is 1. The van der Waals surface area contributed by atoms with Crippen molar-refractivity contribution in [2.45, 2.75) is 51.4 Å². The standard InChI is InChI=1S/C11H18N2O3/c1-11(2,3)16-10(15)13-7-9(14)6-8(13)4-5-12/h8-9,14H,4,6-7H2,1-3H3/t8-,9+/m0/s1. The first-order valence-corrected chi connectivity index (χ1v) is 5.38. The number of nitriles is 1. The van der Waals surface area contributed by atoms with Crippen LogP contribution in [0, 0.1) is 11.3 Å². The molecule has 1 aliphatic heterocycles. The number of nitrogens with zero attached hydrogens (tertiary/aromatic N) is 2. The summed E-state index contributed by atoms with van der Waals surface area (Å²) in [5, 5.41) is 18.1. The first kappa shape index (κ1) is 12.8. The van der Waals surface area contributed by atoms with E-state index < -0.39 is 17.8 Å². The number of rotatable bonds is 1. The van der Waals surface area contributed by atoms with Crippen molar-refractivity contribution < 1.29 is 14.6 Å². The van der Waals surface area contributed by atoms with Crippen molar-refractivity contribution in [3.8, 4) is 6.07 Å². The van der Waals surface area contributed by atoms with Crippen molar-refractivity contribution in [3.63, 3.8) is 0 Å². The average Bonchev–Trinajstić information content (AvgIpc) is 2.44. The molecule has 0 aromatic rings. The van der Waals surface area contributed by atoms with E-state index in [-0.39, 0.29) is 19.0 Å². The smallest absolute Gasteiger partial charge is 0.410 e. The highest BCUT2D eigenvalue weighted by molar-refractivity contribution is 5.69. The Morgan fingerprint density at radius 2 is 2.25 bits per heavy atom.